The van der Waals surface area contributed by atoms with Gasteiger partial charge in [0.25, 0.3) is 0 Å². The molecule has 2 fully saturated rings. The second kappa shape index (κ2) is 6.96. The molecule has 3 rings (SSSR count). The van der Waals surface area contributed by atoms with Gasteiger partial charge in [-0.3, -0.25) is 0 Å². The standard InChI is InChI=1S/C20H31N/c1-2-6-15-11-12-17(14-21)20(13-15)19-10-4-3-9-18(19)16-7-5-8-16/h3-4,9-10,15-17,20H,2,5-8,11-14,21H2,1H3. The third kappa shape index (κ3) is 3.18. The highest BCUT2D eigenvalue weighted by atomic mass is 14.6. The largest absolute Gasteiger partial charge is 0.330 e. The average molecular weight is 285 g/mol. The maximum Gasteiger partial charge on any atom is -0.00430 e. The van der Waals surface area contributed by atoms with Crippen molar-refractivity contribution in [2.75, 3.05) is 6.54 Å². The maximum absolute atomic E-state index is 6.12. The van der Waals surface area contributed by atoms with Gasteiger partial charge in [-0.05, 0) is 67.0 Å². The Morgan fingerprint density at radius 3 is 2.43 bits per heavy atom. The highest BCUT2D eigenvalue weighted by Gasteiger charge is 2.33. The van der Waals surface area contributed by atoms with Crippen LogP contribution >= 0.6 is 0 Å². The summed E-state index contributed by atoms with van der Waals surface area (Å²) >= 11 is 0. The van der Waals surface area contributed by atoms with Crippen LogP contribution in [0.4, 0.5) is 0 Å². The van der Waals surface area contributed by atoms with E-state index in [1.165, 1.54) is 51.4 Å². The van der Waals surface area contributed by atoms with E-state index in [0.717, 1.165) is 24.3 Å². The van der Waals surface area contributed by atoms with Gasteiger partial charge in [-0.15, -0.1) is 0 Å². The molecule has 21 heavy (non-hydrogen) atoms. The lowest BCUT2D eigenvalue weighted by molar-refractivity contribution is 0.228. The molecule has 1 nitrogen and oxygen atoms in total. The Hall–Kier alpha value is -0.820. The summed E-state index contributed by atoms with van der Waals surface area (Å²) in [6.07, 6.45) is 11.1. The first-order chi connectivity index (χ1) is 10.3. The molecule has 1 aromatic carbocycles. The Kier molecular flexibility index (Phi) is 5.00. The summed E-state index contributed by atoms with van der Waals surface area (Å²) in [5.74, 6) is 3.19. The third-order valence-electron chi connectivity index (χ3n) is 6.04. The van der Waals surface area contributed by atoms with Crippen LogP contribution in [0, 0.1) is 11.8 Å². The molecule has 2 aliphatic carbocycles. The van der Waals surface area contributed by atoms with Crippen molar-refractivity contribution in [1.82, 2.24) is 0 Å². The molecular weight excluding hydrogens is 254 g/mol. The lowest BCUT2D eigenvalue weighted by Gasteiger charge is -2.39. The Morgan fingerprint density at radius 2 is 1.81 bits per heavy atom. The minimum absolute atomic E-state index is 0.708. The average Bonchev–Trinajstić information content (AvgIpc) is 2.46. The number of hydrogen-bond acceptors (Lipinski definition) is 1. The fraction of sp³-hybridized carbons (Fsp3) is 0.700. The molecule has 0 spiro atoms. The third-order valence-corrected chi connectivity index (χ3v) is 6.04. The van der Waals surface area contributed by atoms with Gasteiger partial charge in [0.15, 0.2) is 0 Å². The Balaban J connectivity index is 1.85. The van der Waals surface area contributed by atoms with Crippen LogP contribution in [-0.4, -0.2) is 6.54 Å². The normalized spacial score (nSPS) is 30.1. The number of nitrogens with two attached hydrogens (primary N) is 1. The highest BCUT2D eigenvalue weighted by Crippen LogP contribution is 2.46. The fourth-order valence-electron chi connectivity index (χ4n) is 4.59. The Labute approximate surface area is 130 Å². The van der Waals surface area contributed by atoms with Crippen LogP contribution < -0.4 is 5.73 Å². The summed E-state index contributed by atoms with van der Waals surface area (Å²) in [5.41, 5.74) is 9.43. The molecule has 0 aliphatic heterocycles. The maximum atomic E-state index is 6.12. The van der Waals surface area contributed by atoms with E-state index in [0.29, 0.717) is 5.92 Å². The van der Waals surface area contributed by atoms with E-state index in [1.807, 2.05) is 0 Å². The molecule has 3 atom stereocenters. The van der Waals surface area contributed by atoms with Crippen molar-refractivity contribution < 1.29 is 0 Å². The molecular formula is C20H31N. The zero-order valence-electron chi connectivity index (χ0n) is 13.6. The number of benzene rings is 1. The van der Waals surface area contributed by atoms with E-state index >= 15 is 0 Å². The van der Waals surface area contributed by atoms with Gasteiger partial charge in [-0.25, -0.2) is 0 Å². The first-order valence-electron chi connectivity index (χ1n) is 9.12. The van der Waals surface area contributed by atoms with E-state index in [2.05, 4.69) is 31.2 Å². The molecule has 2 aliphatic rings. The molecule has 0 bridgehead atoms. The molecule has 2 N–H and O–H groups in total. The van der Waals surface area contributed by atoms with Crippen molar-refractivity contribution in [3.63, 3.8) is 0 Å². The zero-order valence-corrected chi connectivity index (χ0v) is 13.6. The van der Waals surface area contributed by atoms with Crippen molar-refractivity contribution in [2.24, 2.45) is 17.6 Å². The fourth-order valence-corrected chi connectivity index (χ4v) is 4.59. The minimum atomic E-state index is 0.708. The van der Waals surface area contributed by atoms with E-state index < -0.39 is 0 Å². The van der Waals surface area contributed by atoms with Crippen LogP contribution in [0.3, 0.4) is 0 Å². The second-order valence-corrected chi connectivity index (χ2v) is 7.33. The van der Waals surface area contributed by atoms with E-state index in [1.54, 1.807) is 11.1 Å². The quantitative estimate of drug-likeness (QED) is 0.789. The first kappa shape index (κ1) is 15.1. The van der Waals surface area contributed by atoms with Crippen LogP contribution in [0.25, 0.3) is 0 Å². The predicted molar refractivity (Wildman–Crippen MR) is 90.6 cm³/mol. The topological polar surface area (TPSA) is 26.0 Å². The summed E-state index contributed by atoms with van der Waals surface area (Å²) in [6, 6.07) is 9.29. The summed E-state index contributed by atoms with van der Waals surface area (Å²) in [5, 5.41) is 0. The lowest BCUT2D eigenvalue weighted by Crippen LogP contribution is -2.30. The molecule has 1 aromatic rings. The van der Waals surface area contributed by atoms with Crippen molar-refractivity contribution in [3.8, 4) is 0 Å². The molecule has 0 heterocycles. The smallest absolute Gasteiger partial charge is 0.00430 e. The summed E-state index contributed by atoms with van der Waals surface area (Å²) in [6.45, 7) is 3.19. The highest BCUT2D eigenvalue weighted by molar-refractivity contribution is 5.35. The molecule has 0 radical (unpaired) electrons. The summed E-state index contributed by atoms with van der Waals surface area (Å²) in [4.78, 5) is 0. The minimum Gasteiger partial charge on any atom is -0.330 e. The van der Waals surface area contributed by atoms with E-state index in [-0.39, 0.29) is 0 Å². The van der Waals surface area contributed by atoms with Crippen molar-refractivity contribution in [3.05, 3.63) is 35.4 Å². The van der Waals surface area contributed by atoms with Crippen LogP contribution in [0.5, 0.6) is 0 Å². The molecule has 3 unspecified atom stereocenters. The SMILES string of the molecule is CCCC1CCC(CN)C(c2ccccc2C2CCC2)C1. The van der Waals surface area contributed by atoms with Gasteiger partial charge >= 0.3 is 0 Å². The molecule has 116 valence electrons. The Bertz CT molecular complexity index is 449. The van der Waals surface area contributed by atoms with Crippen molar-refractivity contribution >= 4 is 0 Å². The summed E-state index contributed by atoms with van der Waals surface area (Å²) in [7, 11) is 0. The van der Waals surface area contributed by atoms with Crippen LogP contribution in [-0.2, 0) is 0 Å². The van der Waals surface area contributed by atoms with Gasteiger partial charge in [0, 0.05) is 0 Å². The van der Waals surface area contributed by atoms with Crippen molar-refractivity contribution in [2.45, 2.75) is 70.1 Å². The number of rotatable bonds is 5. The van der Waals surface area contributed by atoms with Gasteiger partial charge in [-0.2, -0.15) is 0 Å². The van der Waals surface area contributed by atoms with Crippen LogP contribution in [0.2, 0.25) is 0 Å². The van der Waals surface area contributed by atoms with Crippen molar-refractivity contribution in [1.29, 1.82) is 0 Å². The first-order valence-corrected chi connectivity index (χ1v) is 9.12. The Morgan fingerprint density at radius 1 is 1.05 bits per heavy atom. The predicted octanol–water partition coefficient (Wildman–Crippen LogP) is 5.21. The van der Waals surface area contributed by atoms with Gasteiger partial charge in [-0.1, -0.05) is 56.9 Å². The monoisotopic (exact) mass is 285 g/mol. The summed E-state index contributed by atoms with van der Waals surface area (Å²) < 4.78 is 0. The molecule has 2 saturated carbocycles. The van der Waals surface area contributed by atoms with Crippen LogP contribution in [0.1, 0.15) is 81.3 Å². The molecule has 0 aromatic heterocycles. The van der Waals surface area contributed by atoms with Gasteiger partial charge in [0.1, 0.15) is 0 Å². The lowest BCUT2D eigenvalue weighted by atomic mass is 9.67. The number of hydrogen-bond donors (Lipinski definition) is 1. The molecule has 1 heteroatoms. The van der Waals surface area contributed by atoms with E-state index in [9.17, 15) is 0 Å². The van der Waals surface area contributed by atoms with E-state index in [4.69, 9.17) is 5.73 Å². The molecule has 0 saturated heterocycles. The van der Waals surface area contributed by atoms with Gasteiger partial charge in [0.05, 0.1) is 0 Å². The van der Waals surface area contributed by atoms with Crippen LogP contribution in [0.15, 0.2) is 24.3 Å². The van der Waals surface area contributed by atoms with Gasteiger partial charge < -0.3 is 5.73 Å². The second-order valence-electron chi connectivity index (χ2n) is 7.33. The van der Waals surface area contributed by atoms with Gasteiger partial charge in [0.2, 0.25) is 0 Å². The molecule has 0 amide bonds. The zero-order chi connectivity index (χ0) is 14.7.